The summed E-state index contributed by atoms with van der Waals surface area (Å²) in [5, 5.41) is 0. The summed E-state index contributed by atoms with van der Waals surface area (Å²) in [5.74, 6) is 2.61. The molecule has 0 aromatic rings. The summed E-state index contributed by atoms with van der Waals surface area (Å²) in [6.45, 7) is 5.00. The number of hydrogen-bond acceptors (Lipinski definition) is 3. The molecule has 13 heavy (non-hydrogen) atoms. The van der Waals surface area contributed by atoms with Crippen LogP contribution in [-0.4, -0.2) is 19.1 Å². The fraction of sp³-hybridized carbons (Fsp3) is 0.750. The summed E-state index contributed by atoms with van der Waals surface area (Å²) in [6, 6.07) is 0. The number of alkyl halides is 1. The van der Waals surface area contributed by atoms with Gasteiger partial charge in [-0.25, -0.2) is 4.39 Å². The first kappa shape index (κ1) is 12.6. The second-order valence-corrected chi connectivity index (χ2v) is 4.15. The van der Waals surface area contributed by atoms with Crippen LogP contribution in [0.5, 0.6) is 0 Å². The Labute approximate surface area is 78.1 Å². The quantitative estimate of drug-likeness (QED) is 0.514. The molecule has 0 fully saturated rings. The molecule has 76 valence electrons. The predicted molar refractivity (Wildman–Crippen MR) is 49.2 cm³/mol. The Kier molecular flexibility index (Phi) is 5.98. The van der Waals surface area contributed by atoms with E-state index in [0.717, 1.165) is 0 Å². The summed E-state index contributed by atoms with van der Waals surface area (Å²) in [4.78, 5) is 0. The average Bonchev–Trinajstić information content (AvgIpc) is 2.05. The van der Waals surface area contributed by atoms with Crippen LogP contribution in [0, 0.1) is 11.8 Å². The zero-order valence-electron chi connectivity index (χ0n) is 8.04. The van der Waals surface area contributed by atoms with Crippen LogP contribution in [-0.2, 0) is 13.6 Å². The van der Waals surface area contributed by atoms with E-state index in [9.17, 15) is 8.96 Å². The first-order chi connectivity index (χ1) is 6.10. The van der Waals surface area contributed by atoms with Crippen molar-refractivity contribution in [3.8, 4) is 11.8 Å². The standard InChI is InChI=1S/C8H14FO3P/c1-4-7-8(9)13(10,11-5-2)12-6-3/h8H,5-6H2,1-3H3. The molecule has 0 saturated heterocycles. The van der Waals surface area contributed by atoms with Crippen molar-refractivity contribution in [1.82, 2.24) is 0 Å². The zero-order valence-corrected chi connectivity index (χ0v) is 8.94. The predicted octanol–water partition coefficient (Wildman–Crippen LogP) is 2.57. The number of hydrogen-bond donors (Lipinski definition) is 0. The van der Waals surface area contributed by atoms with Gasteiger partial charge < -0.3 is 9.05 Å². The highest BCUT2D eigenvalue weighted by Gasteiger charge is 2.34. The highest BCUT2D eigenvalue weighted by Crippen LogP contribution is 2.53. The van der Waals surface area contributed by atoms with Crippen LogP contribution >= 0.6 is 7.60 Å². The summed E-state index contributed by atoms with van der Waals surface area (Å²) in [5.41, 5.74) is 0. The third-order valence-electron chi connectivity index (χ3n) is 1.16. The number of rotatable bonds is 5. The van der Waals surface area contributed by atoms with E-state index in [2.05, 4.69) is 11.8 Å². The van der Waals surface area contributed by atoms with Gasteiger partial charge in [0.15, 0.2) is 0 Å². The Morgan fingerprint density at radius 1 is 1.38 bits per heavy atom. The van der Waals surface area contributed by atoms with E-state index in [1.54, 1.807) is 13.8 Å². The van der Waals surface area contributed by atoms with Crippen LogP contribution < -0.4 is 0 Å². The molecule has 0 bridgehead atoms. The molecule has 0 aromatic heterocycles. The lowest BCUT2D eigenvalue weighted by Gasteiger charge is -2.16. The molecule has 5 heteroatoms. The maximum Gasteiger partial charge on any atom is 0.376 e. The van der Waals surface area contributed by atoms with Gasteiger partial charge in [-0.05, 0) is 20.8 Å². The molecule has 0 heterocycles. The van der Waals surface area contributed by atoms with Crippen molar-refractivity contribution in [2.45, 2.75) is 26.7 Å². The van der Waals surface area contributed by atoms with Crippen LogP contribution in [0.15, 0.2) is 0 Å². The van der Waals surface area contributed by atoms with Gasteiger partial charge in [-0.3, -0.25) is 4.57 Å². The molecule has 0 aliphatic carbocycles. The smallest absolute Gasteiger partial charge is 0.306 e. The first-order valence-corrected chi connectivity index (χ1v) is 5.67. The van der Waals surface area contributed by atoms with Crippen molar-refractivity contribution in [2.75, 3.05) is 13.2 Å². The maximum absolute atomic E-state index is 13.1. The first-order valence-electron chi connectivity index (χ1n) is 4.05. The summed E-state index contributed by atoms with van der Waals surface area (Å²) >= 11 is 0. The monoisotopic (exact) mass is 208 g/mol. The summed E-state index contributed by atoms with van der Waals surface area (Å²) < 4.78 is 34.2. The molecule has 0 radical (unpaired) electrons. The van der Waals surface area contributed by atoms with Crippen LogP contribution in [0.1, 0.15) is 20.8 Å². The van der Waals surface area contributed by atoms with Crippen LogP contribution in [0.3, 0.4) is 0 Å². The van der Waals surface area contributed by atoms with E-state index in [1.807, 2.05) is 0 Å². The largest absolute Gasteiger partial charge is 0.376 e. The molecular weight excluding hydrogens is 194 g/mol. The SMILES string of the molecule is CC#CC(F)P(=O)(OCC)OCC. The minimum absolute atomic E-state index is 0.142. The second-order valence-electron chi connectivity index (χ2n) is 2.11. The fourth-order valence-electron chi connectivity index (χ4n) is 0.726. The molecule has 0 N–H and O–H groups in total. The third kappa shape index (κ3) is 3.91. The van der Waals surface area contributed by atoms with Crippen molar-refractivity contribution in [1.29, 1.82) is 0 Å². The lowest BCUT2D eigenvalue weighted by Crippen LogP contribution is -2.06. The minimum Gasteiger partial charge on any atom is -0.306 e. The highest BCUT2D eigenvalue weighted by molar-refractivity contribution is 7.54. The third-order valence-corrected chi connectivity index (χ3v) is 3.08. The van der Waals surface area contributed by atoms with Crippen LogP contribution in [0.25, 0.3) is 0 Å². The van der Waals surface area contributed by atoms with Crippen LogP contribution in [0.4, 0.5) is 4.39 Å². The van der Waals surface area contributed by atoms with Gasteiger partial charge in [0.1, 0.15) is 0 Å². The summed E-state index contributed by atoms with van der Waals surface area (Å²) in [7, 11) is -3.67. The van der Waals surface area contributed by atoms with E-state index in [0.29, 0.717) is 0 Å². The van der Waals surface area contributed by atoms with Gasteiger partial charge in [0.25, 0.3) is 5.91 Å². The Morgan fingerprint density at radius 2 is 1.85 bits per heavy atom. The maximum atomic E-state index is 13.1. The molecule has 1 atom stereocenters. The molecule has 1 unspecified atom stereocenters. The van der Waals surface area contributed by atoms with Crippen molar-refractivity contribution >= 4 is 7.60 Å². The minimum atomic E-state index is -3.67. The highest BCUT2D eigenvalue weighted by atomic mass is 31.2. The van der Waals surface area contributed by atoms with Gasteiger partial charge in [0.2, 0.25) is 0 Å². The Hall–Kier alpha value is -0.360. The van der Waals surface area contributed by atoms with Crippen LogP contribution in [0.2, 0.25) is 0 Å². The van der Waals surface area contributed by atoms with Crippen molar-refractivity contribution in [3.05, 3.63) is 0 Å². The van der Waals surface area contributed by atoms with E-state index >= 15 is 0 Å². The molecule has 0 rings (SSSR count). The molecule has 0 saturated carbocycles. The van der Waals surface area contributed by atoms with Crippen molar-refractivity contribution in [2.24, 2.45) is 0 Å². The van der Waals surface area contributed by atoms with Crippen molar-refractivity contribution < 1.29 is 18.0 Å². The molecule has 0 aliphatic rings. The molecular formula is C8H14FO3P. The molecule has 0 spiro atoms. The van der Waals surface area contributed by atoms with Gasteiger partial charge >= 0.3 is 7.60 Å². The van der Waals surface area contributed by atoms with Gasteiger partial charge in [0.05, 0.1) is 13.2 Å². The van der Waals surface area contributed by atoms with Crippen molar-refractivity contribution in [3.63, 3.8) is 0 Å². The lowest BCUT2D eigenvalue weighted by molar-refractivity contribution is 0.200. The summed E-state index contributed by atoms with van der Waals surface area (Å²) in [6.07, 6.45) is 0. The number of halogens is 1. The van der Waals surface area contributed by atoms with E-state index in [1.165, 1.54) is 6.92 Å². The molecule has 3 nitrogen and oxygen atoms in total. The van der Waals surface area contributed by atoms with E-state index in [4.69, 9.17) is 9.05 Å². The lowest BCUT2D eigenvalue weighted by atomic mass is 10.6. The Morgan fingerprint density at radius 3 is 2.15 bits per heavy atom. The van der Waals surface area contributed by atoms with Gasteiger partial charge in [-0.15, -0.1) is 5.92 Å². The Balaban J connectivity index is 4.53. The Bertz CT molecular complexity index is 234. The normalized spacial score (nSPS) is 13.2. The fourth-order valence-corrected chi connectivity index (χ4v) is 2.07. The van der Waals surface area contributed by atoms with Gasteiger partial charge in [-0.2, -0.15) is 0 Å². The van der Waals surface area contributed by atoms with E-state index < -0.39 is 13.5 Å². The van der Waals surface area contributed by atoms with Gasteiger partial charge in [-0.1, -0.05) is 5.92 Å². The molecule has 0 amide bonds. The van der Waals surface area contributed by atoms with Gasteiger partial charge in [0, 0.05) is 0 Å². The topological polar surface area (TPSA) is 35.5 Å². The molecule has 0 aromatic carbocycles. The average molecular weight is 208 g/mol. The molecule has 0 aliphatic heterocycles. The second kappa shape index (κ2) is 6.15. The zero-order chi connectivity index (χ0) is 10.3. The van der Waals surface area contributed by atoms with E-state index in [-0.39, 0.29) is 13.2 Å².